The van der Waals surface area contributed by atoms with Gasteiger partial charge in [0.25, 0.3) is 5.91 Å². The van der Waals surface area contributed by atoms with E-state index in [-0.39, 0.29) is 12.1 Å². The SMILES string of the molecule is O=C(NCc1csc(-c2ccccc2)n1)c1ccccc1F. The van der Waals surface area contributed by atoms with Crippen molar-refractivity contribution in [1.82, 2.24) is 10.3 Å². The summed E-state index contributed by atoms with van der Waals surface area (Å²) in [4.78, 5) is 16.4. The van der Waals surface area contributed by atoms with Crippen molar-refractivity contribution in [3.8, 4) is 10.6 Å². The molecule has 0 unspecified atom stereocenters. The van der Waals surface area contributed by atoms with Gasteiger partial charge in [-0.3, -0.25) is 4.79 Å². The first-order valence-electron chi connectivity index (χ1n) is 6.76. The Morgan fingerprint density at radius 3 is 2.59 bits per heavy atom. The van der Waals surface area contributed by atoms with E-state index >= 15 is 0 Å². The number of rotatable bonds is 4. The van der Waals surface area contributed by atoms with Crippen molar-refractivity contribution < 1.29 is 9.18 Å². The highest BCUT2D eigenvalue weighted by atomic mass is 32.1. The maximum atomic E-state index is 13.5. The molecule has 2 aromatic carbocycles. The van der Waals surface area contributed by atoms with Crippen LogP contribution < -0.4 is 5.32 Å². The number of carbonyl (C=O) groups excluding carboxylic acids is 1. The van der Waals surface area contributed by atoms with Crippen molar-refractivity contribution >= 4 is 17.2 Å². The molecule has 0 aliphatic carbocycles. The van der Waals surface area contributed by atoms with Gasteiger partial charge in [0.05, 0.1) is 17.8 Å². The lowest BCUT2D eigenvalue weighted by atomic mass is 10.2. The van der Waals surface area contributed by atoms with Crippen LogP contribution in [0.25, 0.3) is 10.6 Å². The number of aromatic nitrogens is 1. The fourth-order valence-corrected chi connectivity index (χ4v) is 2.84. The molecule has 5 heteroatoms. The lowest BCUT2D eigenvalue weighted by Crippen LogP contribution is -2.23. The molecule has 0 aliphatic heterocycles. The molecule has 0 spiro atoms. The van der Waals surface area contributed by atoms with Crippen molar-refractivity contribution in [3.05, 3.63) is 77.1 Å². The maximum absolute atomic E-state index is 13.5. The van der Waals surface area contributed by atoms with E-state index in [1.54, 1.807) is 12.1 Å². The third kappa shape index (κ3) is 3.20. The molecule has 0 aliphatic rings. The molecule has 0 atom stereocenters. The Kier molecular flexibility index (Phi) is 4.25. The van der Waals surface area contributed by atoms with E-state index in [9.17, 15) is 9.18 Å². The van der Waals surface area contributed by atoms with E-state index in [0.717, 1.165) is 16.3 Å². The van der Waals surface area contributed by atoms with Crippen LogP contribution in [0.2, 0.25) is 0 Å². The smallest absolute Gasteiger partial charge is 0.254 e. The van der Waals surface area contributed by atoms with Crippen LogP contribution >= 0.6 is 11.3 Å². The van der Waals surface area contributed by atoms with Gasteiger partial charge in [0.15, 0.2) is 0 Å². The van der Waals surface area contributed by atoms with Gasteiger partial charge in [-0.2, -0.15) is 0 Å². The van der Waals surface area contributed by atoms with Gasteiger partial charge in [0.1, 0.15) is 10.8 Å². The maximum Gasteiger partial charge on any atom is 0.254 e. The number of hydrogen-bond acceptors (Lipinski definition) is 3. The normalized spacial score (nSPS) is 10.4. The number of nitrogens with one attached hydrogen (secondary N) is 1. The molecular formula is C17H13FN2OS. The summed E-state index contributed by atoms with van der Waals surface area (Å²) in [7, 11) is 0. The number of halogens is 1. The van der Waals surface area contributed by atoms with Gasteiger partial charge in [0, 0.05) is 10.9 Å². The molecule has 1 amide bonds. The van der Waals surface area contributed by atoms with Gasteiger partial charge in [-0.15, -0.1) is 11.3 Å². The van der Waals surface area contributed by atoms with Gasteiger partial charge in [-0.05, 0) is 12.1 Å². The first kappa shape index (κ1) is 14.4. The standard InChI is InChI=1S/C17H13FN2OS/c18-15-9-5-4-8-14(15)16(21)19-10-13-11-22-17(20-13)12-6-2-1-3-7-12/h1-9,11H,10H2,(H,19,21). The molecule has 1 aromatic heterocycles. The number of carbonyl (C=O) groups is 1. The number of nitrogens with zero attached hydrogens (tertiary/aromatic N) is 1. The number of thiazole rings is 1. The van der Waals surface area contributed by atoms with Crippen molar-refractivity contribution in [3.63, 3.8) is 0 Å². The Morgan fingerprint density at radius 2 is 1.82 bits per heavy atom. The van der Waals surface area contributed by atoms with Crippen LogP contribution in [0.4, 0.5) is 4.39 Å². The average Bonchev–Trinajstić information content (AvgIpc) is 3.03. The van der Waals surface area contributed by atoms with Crippen molar-refractivity contribution in [2.45, 2.75) is 6.54 Å². The monoisotopic (exact) mass is 312 g/mol. The zero-order chi connectivity index (χ0) is 15.4. The topological polar surface area (TPSA) is 42.0 Å². The molecule has 22 heavy (non-hydrogen) atoms. The lowest BCUT2D eigenvalue weighted by molar-refractivity contribution is 0.0946. The second-order valence-electron chi connectivity index (χ2n) is 4.67. The Balaban J connectivity index is 1.67. The largest absolute Gasteiger partial charge is 0.346 e. The quantitative estimate of drug-likeness (QED) is 0.794. The Morgan fingerprint density at radius 1 is 1.09 bits per heavy atom. The van der Waals surface area contributed by atoms with Crippen LogP contribution in [0.15, 0.2) is 60.0 Å². The van der Waals surface area contributed by atoms with Crippen LogP contribution in [-0.4, -0.2) is 10.9 Å². The number of hydrogen-bond donors (Lipinski definition) is 1. The average molecular weight is 312 g/mol. The molecule has 0 radical (unpaired) electrons. The number of benzene rings is 2. The third-order valence-corrected chi connectivity index (χ3v) is 4.06. The van der Waals surface area contributed by atoms with E-state index in [1.807, 2.05) is 35.7 Å². The van der Waals surface area contributed by atoms with E-state index in [4.69, 9.17) is 0 Å². The molecule has 1 N–H and O–H groups in total. The first-order valence-corrected chi connectivity index (χ1v) is 7.64. The summed E-state index contributed by atoms with van der Waals surface area (Å²) in [6, 6.07) is 15.7. The summed E-state index contributed by atoms with van der Waals surface area (Å²) in [5.74, 6) is -0.962. The van der Waals surface area contributed by atoms with Crippen molar-refractivity contribution in [1.29, 1.82) is 0 Å². The fourth-order valence-electron chi connectivity index (χ4n) is 2.01. The summed E-state index contributed by atoms with van der Waals surface area (Å²) >= 11 is 1.52. The molecule has 3 nitrogen and oxygen atoms in total. The highest BCUT2D eigenvalue weighted by Gasteiger charge is 2.11. The van der Waals surface area contributed by atoms with E-state index in [1.165, 1.54) is 23.5 Å². The molecule has 1 heterocycles. The van der Waals surface area contributed by atoms with Gasteiger partial charge in [0.2, 0.25) is 0 Å². The number of amides is 1. The predicted octanol–water partition coefficient (Wildman–Crippen LogP) is 3.88. The zero-order valence-electron chi connectivity index (χ0n) is 11.6. The van der Waals surface area contributed by atoms with Gasteiger partial charge >= 0.3 is 0 Å². The molecule has 3 aromatic rings. The van der Waals surface area contributed by atoms with Crippen molar-refractivity contribution in [2.24, 2.45) is 0 Å². The molecule has 110 valence electrons. The molecule has 0 bridgehead atoms. The minimum atomic E-state index is -0.525. The van der Waals surface area contributed by atoms with Crippen molar-refractivity contribution in [2.75, 3.05) is 0 Å². The van der Waals surface area contributed by atoms with E-state index in [2.05, 4.69) is 10.3 Å². The Labute approximate surface area is 131 Å². The first-order chi connectivity index (χ1) is 10.7. The highest BCUT2D eigenvalue weighted by molar-refractivity contribution is 7.13. The van der Waals surface area contributed by atoms with Crippen LogP contribution in [0.3, 0.4) is 0 Å². The summed E-state index contributed by atoms with van der Waals surface area (Å²) in [6.45, 7) is 0.274. The van der Waals surface area contributed by atoms with Gasteiger partial charge in [-0.25, -0.2) is 9.37 Å². The fraction of sp³-hybridized carbons (Fsp3) is 0.0588. The molecule has 0 fully saturated rings. The zero-order valence-corrected chi connectivity index (χ0v) is 12.4. The predicted molar refractivity (Wildman–Crippen MR) is 85.1 cm³/mol. The van der Waals surface area contributed by atoms with Crippen LogP contribution in [0, 0.1) is 5.82 Å². The second-order valence-corrected chi connectivity index (χ2v) is 5.53. The summed E-state index contributed by atoms with van der Waals surface area (Å²) in [5, 5.41) is 5.48. The summed E-state index contributed by atoms with van der Waals surface area (Å²) in [6.07, 6.45) is 0. The molecule has 0 saturated heterocycles. The Bertz CT molecular complexity index is 786. The summed E-state index contributed by atoms with van der Waals surface area (Å²) in [5.41, 5.74) is 1.84. The van der Waals surface area contributed by atoms with Gasteiger partial charge < -0.3 is 5.32 Å². The Hall–Kier alpha value is -2.53. The highest BCUT2D eigenvalue weighted by Crippen LogP contribution is 2.23. The third-order valence-electron chi connectivity index (χ3n) is 3.12. The minimum absolute atomic E-state index is 0.0426. The molecule has 0 saturated carbocycles. The molecular weight excluding hydrogens is 299 g/mol. The van der Waals surface area contributed by atoms with Crippen LogP contribution in [0.1, 0.15) is 16.1 Å². The van der Waals surface area contributed by atoms with Gasteiger partial charge in [-0.1, -0.05) is 42.5 Å². The summed E-state index contributed by atoms with van der Waals surface area (Å²) < 4.78 is 13.5. The van der Waals surface area contributed by atoms with E-state index < -0.39 is 11.7 Å². The minimum Gasteiger partial charge on any atom is -0.346 e. The van der Waals surface area contributed by atoms with Crippen LogP contribution in [0.5, 0.6) is 0 Å². The lowest BCUT2D eigenvalue weighted by Gasteiger charge is -2.04. The second kappa shape index (κ2) is 6.49. The van der Waals surface area contributed by atoms with Crippen LogP contribution in [-0.2, 0) is 6.54 Å². The molecule has 3 rings (SSSR count). The van der Waals surface area contributed by atoms with E-state index in [0.29, 0.717) is 0 Å².